The first kappa shape index (κ1) is 82.6. The normalized spacial score (nSPS) is 13.0. The van der Waals surface area contributed by atoms with E-state index in [0.29, 0.717) is 0 Å². The van der Waals surface area contributed by atoms with Crippen molar-refractivity contribution in [2.75, 3.05) is 0 Å². The second-order valence-electron chi connectivity index (χ2n) is 29.4. The molecular formula is C85H128F6N2S4. The molecule has 0 spiro atoms. The molecule has 0 N–H and O–H groups in total. The minimum Gasteiger partial charge on any atom is -0.240 e. The summed E-state index contributed by atoms with van der Waals surface area (Å²) in [6, 6.07) is 16.5. The van der Waals surface area contributed by atoms with Gasteiger partial charge in [-0.2, -0.15) is 26.3 Å². The van der Waals surface area contributed by atoms with Crippen LogP contribution in [0.15, 0.2) is 60.7 Å². The zero-order valence-electron chi connectivity index (χ0n) is 61.8. The number of rotatable bonds is 54. The molecule has 2 aromatic carbocycles. The minimum absolute atomic E-state index is 0.502. The molecule has 2 nitrogen and oxygen atoms in total. The van der Waals surface area contributed by atoms with Crippen molar-refractivity contribution < 1.29 is 26.3 Å². The van der Waals surface area contributed by atoms with Crippen molar-refractivity contribution in [3.05, 3.63) is 115 Å². The molecule has 0 saturated carbocycles. The molecule has 4 aromatic heterocycles. The Bertz CT molecular complexity index is 3030. The second kappa shape index (κ2) is 44.9. The Morgan fingerprint density at radius 2 is 0.546 bits per heavy atom. The summed E-state index contributed by atoms with van der Waals surface area (Å²) in [5.74, 6) is 0. The quantitative estimate of drug-likeness (QED) is 0.0281. The number of halogens is 6. The molecule has 97 heavy (non-hydrogen) atoms. The first-order valence-corrected chi connectivity index (χ1v) is 42.8. The predicted molar refractivity (Wildman–Crippen MR) is 413 cm³/mol. The average Bonchev–Trinajstić information content (AvgIpc) is 1.62. The molecule has 0 aliphatic rings. The van der Waals surface area contributed by atoms with Gasteiger partial charge >= 0.3 is 12.4 Å². The number of nitrogens with zero attached hydrogens (tertiary/aromatic N) is 2. The molecule has 0 amide bonds. The first-order chi connectivity index (χ1) is 46.9. The summed E-state index contributed by atoms with van der Waals surface area (Å²) in [6.45, 7) is 17.8. The van der Waals surface area contributed by atoms with Crippen molar-refractivity contribution in [1.29, 1.82) is 0 Å². The lowest BCUT2D eigenvalue weighted by molar-refractivity contribution is -0.138. The van der Waals surface area contributed by atoms with Crippen LogP contribution in [0.4, 0.5) is 26.3 Å². The van der Waals surface area contributed by atoms with Crippen LogP contribution in [0.5, 0.6) is 0 Å². The largest absolute Gasteiger partial charge is 0.416 e. The molecule has 0 radical (unpaired) electrons. The number of unbranched alkanes of at least 4 members (excludes halogenated alkanes) is 38. The highest BCUT2D eigenvalue weighted by atomic mass is 32.1. The summed E-state index contributed by atoms with van der Waals surface area (Å²) in [5.41, 5.74) is 4.38. The number of aryl methyl sites for hydroxylation is 4. The maximum absolute atomic E-state index is 14.0. The van der Waals surface area contributed by atoms with Gasteiger partial charge in [0.2, 0.25) is 0 Å². The van der Waals surface area contributed by atoms with Crippen LogP contribution < -0.4 is 0 Å². The summed E-state index contributed by atoms with van der Waals surface area (Å²) < 4.78 is 84.0. The molecule has 0 fully saturated rings. The first-order valence-electron chi connectivity index (χ1n) is 39.5. The van der Waals surface area contributed by atoms with E-state index in [2.05, 4.69) is 67.5 Å². The van der Waals surface area contributed by atoms with Crippen molar-refractivity contribution in [1.82, 2.24) is 9.97 Å². The van der Waals surface area contributed by atoms with Crippen LogP contribution in [0.25, 0.3) is 29.5 Å². The van der Waals surface area contributed by atoms with Crippen molar-refractivity contribution in [2.24, 2.45) is 0 Å². The van der Waals surface area contributed by atoms with Crippen LogP contribution in [0.3, 0.4) is 0 Å². The van der Waals surface area contributed by atoms with E-state index in [-0.39, 0.29) is 0 Å². The van der Waals surface area contributed by atoms with E-state index in [1.165, 1.54) is 278 Å². The highest BCUT2D eigenvalue weighted by Gasteiger charge is 2.36. The fourth-order valence-corrected chi connectivity index (χ4v) is 19.4. The number of aromatic nitrogens is 2. The molecule has 0 saturated heterocycles. The molecule has 0 aliphatic heterocycles. The number of thiazole rings is 2. The maximum atomic E-state index is 14.0. The van der Waals surface area contributed by atoms with Crippen LogP contribution in [0.1, 0.15) is 386 Å². The third kappa shape index (κ3) is 27.8. The fraction of sp³-hybridized carbons (Fsp3) is 0.694. The fourth-order valence-electron chi connectivity index (χ4n) is 14.0. The lowest BCUT2D eigenvalue weighted by Crippen LogP contribution is -2.21. The highest BCUT2D eigenvalue weighted by molar-refractivity contribution is 7.28. The maximum Gasteiger partial charge on any atom is 0.416 e. The third-order valence-electron chi connectivity index (χ3n) is 20.9. The van der Waals surface area contributed by atoms with E-state index in [1.54, 1.807) is 35.6 Å². The molecule has 4 heterocycles. The summed E-state index contributed by atoms with van der Waals surface area (Å²) in [7, 11) is 0. The van der Waals surface area contributed by atoms with Crippen LogP contribution in [-0.4, -0.2) is 9.97 Å². The molecule has 0 aliphatic carbocycles. The van der Waals surface area contributed by atoms with Crippen molar-refractivity contribution in [2.45, 2.75) is 380 Å². The standard InChI is InChI=1S/C85H128F6N2S4/c1-9-14-18-22-26-30-34-35-37-41-45-49-53-67-65-75(83(8,13-5)69-58-62-71(63-59-69)85(89,90)91)95-77(67)81-93-73(55-51-47-43-39-33-29-25-21-17-12-4)79(97-81)78-72(54-50-46-42-38-32-28-24-20-16-11-3)92-80(96-78)76-66(52-48-44-40-36-31-27-23-19-15-10-2)64-74(94-76)82(6,7)68-56-60-70(61-57-68)84(86,87)88/h56-65H,9-55H2,1-8H3. The van der Waals surface area contributed by atoms with Gasteiger partial charge in [-0.25, -0.2) is 9.97 Å². The third-order valence-corrected chi connectivity index (χ3v) is 26.5. The van der Waals surface area contributed by atoms with Gasteiger partial charge in [-0.3, -0.25) is 0 Å². The Balaban J connectivity index is 1.43. The van der Waals surface area contributed by atoms with Crippen LogP contribution in [0, 0.1) is 0 Å². The zero-order valence-corrected chi connectivity index (χ0v) is 65.1. The minimum atomic E-state index is -4.41. The van der Waals surface area contributed by atoms with Gasteiger partial charge in [0.05, 0.1) is 42.0 Å². The van der Waals surface area contributed by atoms with Crippen molar-refractivity contribution >= 4 is 45.3 Å². The number of alkyl halides is 6. The van der Waals surface area contributed by atoms with E-state index in [9.17, 15) is 26.3 Å². The summed E-state index contributed by atoms with van der Waals surface area (Å²) >= 11 is 7.29. The topological polar surface area (TPSA) is 25.8 Å². The van der Waals surface area contributed by atoms with Gasteiger partial charge in [-0.1, -0.05) is 324 Å². The van der Waals surface area contributed by atoms with E-state index in [0.717, 1.165) is 121 Å². The predicted octanol–water partition coefficient (Wildman–Crippen LogP) is 31.4. The Morgan fingerprint density at radius 3 is 0.845 bits per heavy atom. The van der Waals surface area contributed by atoms with Gasteiger partial charge in [0, 0.05) is 20.6 Å². The number of thiophene rings is 2. The van der Waals surface area contributed by atoms with Crippen molar-refractivity contribution in [3.8, 4) is 29.5 Å². The number of hydrogen-bond donors (Lipinski definition) is 0. The smallest absolute Gasteiger partial charge is 0.240 e. The molecule has 544 valence electrons. The molecular weight excluding hydrogens is 1290 g/mol. The number of benzene rings is 2. The van der Waals surface area contributed by atoms with Crippen LogP contribution >= 0.6 is 45.3 Å². The highest BCUT2D eigenvalue weighted by Crippen LogP contribution is 2.51. The molecule has 1 atom stereocenters. The van der Waals surface area contributed by atoms with E-state index in [4.69, 9.17) is 9.97 Å². The average molecular weight is 1420 g/mol. The van der Waals surface area contributed by atoms with Crippen LogP contribution in [-0.2, 0) is 48.9 Å². The van der Waals surface area contributed by atoms with Gasteiger partial charge < -0.3 is 0 Å². The molecule has 1 unspecified atom stereocenters. The monoisotopic (exact) mass is 1420 g/mol. The Morgan fingerprint density at radius 1 is 0.289 bits per heavy atom. The molecule has 12 heteroatoms. The van der Waals surface area contributed by atoms with Gasteiger partial charge in [0.15, 0.2) is 0 Å². The van der Waals surface area contributed by atoms with E-state index in [1.807, 2.05) is 34.0 Å². The van der Waals surface area contributed by atoms with E-state index < -0.39 is 34.3 Å². The summed E-state index contributed by atoms with van der Waals surface area (Å²) in [6.07, 6.45) is 48.6. The number of hydrogen-bond acceptors (Lipinski definition) is 6. The second-order valence-corrected chi connectivity index (χ2v) is 33.5. The summed E-state index contributed by atoms with van der Waals surface area (Å²) in [5, 5.41) is 2.09. The van der Waals surface area contributed by atoms with Gasteiger partial charge in [-0.05, 0) is 116 Å². The van der Waals surface area contributed by atoms with E-state index >= 15 is 0 Å². The van der Waals surface area contributed by atoms with Gasteiger partial charge in [0.1, 0.15) is 10.0 Å². The van der Waals surface area contributed by atoms with Crippen LogP contribution in [0.2, 0.25) is 0 Å². The molecule has 6 aromatic rings. The SMILES string of the molecule is CCCCCCCCCCCCCCc1cc(C(C)(CC)c2ccc(C(F)(F)F)cc2)sc1-c1nc(CCCCCCCCCCCC)c(-c2sc(-c3sc(C(C)(C)c4ccc(C(F)(F)F)cc4)cc3CCCCCCCCCCCC)nc2CCCCCCCCCCCC)s1. The Labute approximate surface area is 602 Å². The Hall–Kier alpha value is -3.32. The lowest BCUT2D eigenvalue weighted by Gasteiger charge is -2.28. The Kier molecular flexibility index (Phi) is 38.3. The lowest BCUT2D eigenvalue weighted by atomic mass is 9.78. The zero-order chi connectivity index (χ0) is 69.8. The summed E-state index contributed by atoms with van der Waals surface area (Å²) in [4.78, 5) is 18.8. The van der Waals surface area contributed by atoms with Gasteiger partial charge in [0.25, 0.3) is 0 Å². The van der Waals surface area contributed by atoms with Gasteiger partial charge in [-0.15, -0.1) is 45.3 Å². The van der Waals surface area contributed by atoms with Crippen molar-refractivity contribution in [3.63, 3.8) is 0 Å². The molecule has 0 bridgehead atoms. The molecule has 6 rings (SSSR count).